The number of nitrogens with one attached hydrogen (secondary N) is 1. The van der Waals surface area contributed by atoms with Gasteiger partial charge in [-0.05, 0) is 36.7 Å². The van der Waals surface area contributed by atoms with Gasteiger partial charge < -0.3 is 11.1 Å². The molecular formula is C10H18N2. The Labute approximate surface area is 74.4 Å². The van der Waals surface area contributed by atoms with Gasteiger partial charge in [-0.25, -0.2) is 0 Å². The van der Waals surface area contributed by atoms with Crippen LogP contribution in [0.3, 0.4) is 0 Å². The van der Waals surface area contributed by atoms with Gasteiger partial charge in [-0.1, -0.05) is 13.8 Å². The normalized spacial score (nSPS) is 24.8. The Morgan fingerprint density at radius 1 is 1.58 bits per heavy atom. The molecule has 0 bridgehead atoms. The molecule has 0 fully saturated rings. The molecular weight excluding hydrogens is 148 g/mol. The third-order valence-electron chi connectivity index (χ3n) is 2.80. The zero-order valence-corrected chi connectivity index (χ0v) is 7.93. The van der Waals surface area contributed by atoms with E-state index in [4.69, 9.17) is 11.1 Å². The lowest BCUT2D eigenvalue weighted by molar-refractivity contribution is 0.345. The Balaban J connectivity index is 2.67. The predicted molar refractivity (Wildman–Crippen MR) is 52.2 cm³/mol. The van der Waals surface area contributed by atoms with E-state index >= 15 is 0 Å². The molecule has 0 aromatic heterocycles. The first-order valence-corrected chi connectivity index (χ1v) is 4.63. The first-order chi connectivity index (χ1) is 5.65. The van der Waals surface area contributed by atoms with E-state index < -0.39 is 0 Å². The predicted octanol–water partition coefficient (Wildman–Crippen LogP) is 2.30. The van der Waals surface area contributed by atoms with E-state index in [0.29, 0.717) is 5.92 Å². The number of hydrogen-bond acceptors (Lipinski definition) is 2. The van der Waals surface area contributed by atoms with Gasteiger partial charge >= 0.3 is 0 Å². The van der Waals surface area contributed by atoms with Crippen LogP contribution in [0.5, 0.6) is 0 Å². The van der Waals surface area contributed by atoms with Gasteiger partial charge in [0.15, 0.2) is 0 Å². The van der Waals surface area contributed by atoms with Crippen LogP contribution in [-0.2, 0) is 0 Å². The topological polar surface area (TPSA) is 49.9 Å². The molecule has 2 heteroatoms. The van der Waals surface area contributed by atoms with Crippen LogP contribution in [0, 0.1) is 17.2 Å². The summed E-state index contributed by atoms with van der Waals surface area (Å²) >= 11 is 0. The fraction of sp³-hybridized carbons (Fsp3) is 0.700. The molecule has 0 aromatic carbocycles. The van der Waals surface area contributed by atoms with Crippen molar-refractivity contribution >= 4 is 6.21 Å². The van der Waals surface area contributed by atoms with Crippen molar-refractivity contribution in [1.29, 1.82) is 5.41 Å². The lowest BCUT2D eigenvalue weighted by Gasteiger charge is -2.26. The Morgan fingerprint density at radius 3 is 2.75 bits per heavy atom. The second kappa shape index (κ2) is 3.74. The van der Waals surface area contributed by atoms with Crippen LogP contribution in [-0.4, -0.2) is 6.21 Å². The van der Waals surface area contributed by atoms with E-state index in [9.17, 15) is 0 Å². The Hall–Kier alpha value is -0.790. The van der Waals surface area contributed by atoms with Crippen LogP contribution >= 0.6 is 0 Å². The molecule has 68 valence electrons. The molecule has 12 heavy (non-hydrogen) atoms. The maximum absolute atomic E-state index is 7.20. The molecule has 1 aliphatic carbocycles. The standard InChI is InChI=1S/C10H18N2/c1-7(2)8-3-4-10(12)9(5-8)6-11/h6-8,11H,3-5,12H2,1-2H3. The first-order valence-electron chi connectivity index (χ1n) is 4.63. The minimum atomic E-state index is 0.716. The van der Waals surface area contributed by atoms with Gasteiger partial charge in [0.25, 0.3) is 0 Å². The maximum atomic E-state index is 7.20. The van der Waals surface area contributed by atoms with Crippen LogP contribution in [0.1, 0.15) is 33.1 Å². The highest BCUT2D eigenvalue weighted by Gasteiger charge is 2.20. The van der Waals surface area contributed by atoms with E-state index in [0.717, 1.165) is 30.0 Å². The van der Waals surface area contributed by atoms with Gasteiger partial charge in [0.05, 0.1) is 0 Å². The largest absolute Gasteiger partial charge is 0.402 e. The Morgan fingerprint density at radius 2 is 2.25 bits per heavy atom. The molecule has 0 amide bonds. The zero-order valence-electron chi connectivity index (χ0n) is 7.93. The summed E-state index contributed by atoms with van der Waals surface area (Å²) in [5, 5.41) is 7.20. The Kier molecular flexibility index (Phi) is 2.90. The molecule has 2 nitrogen and oxygen atoms in total. The highest BCUT2D eigenvalue weighted by molar-refractivity contribution is 5.77. The number of rotatable bonds is 2. The summed E-state index contributed by atoms with van der Waals surface area (Å²) in [6.07, 6.45) is 4.60. The lowest BCUT2D eigenvalue weighted by Crippen LogP contribution is -2.19. The molecule has 0 aliphatic heterocycles. The van der Waals surface area contributed by atoms with Crippen LogP contribution in [0.2, 0.25) is 0 Å². The summed E-state index contributed by atoms with van der Waals surface area (Å²) < 4.78 is 0. The average molecular weight is 166 g/mol. The lowest BCUT2D eigenvalue weighted by atomic mass is 9.80. The third kappa shape index (κ3) is 1.87. The SMILES string of the molecule is CC(C)C1CCC(N)=C(C=N)C1. The molecule has 1 aliphatic rings. The molecule has 0 aromatic rings. The number of allylic oxidation sites excluding steroid dienone is 2. The first kappa shape index (κ1) is 9.30. The van der Waals surface area contributed by atoms with Crippen molar-refractivity contribution in [1.82, 2.24) is 0 Å². The van der Waals surface area contributed by atoms with Gasteiger partial charge in [-0.2, -0.15) is 0 Å². The van der Waals surface area contributed by atoms with Crippen LogP contribution in [0.4, 0.5) is 0 Å². The Bertz CT molecular complexity index is 204. The second-order valence-electron chi connectivity index (χ2n) is 3.94. The fourth-order valence-corrected chi connectivity index (χ4v) is 1.74. The fourth-order valence-electron chi connectivity index (χ4n) is 1.74. The minimum Gasteiger partial charge on any atom is -0.402 e. The average Bonchev–Trinajstić information content (AvgIpc) is 2.05. The monoisotopic (exact) mass is 166 g/mol. The van der Waals surface area contributed by atoms with Crippen molar-refractivity contribution in [3.8, 4) is 0 Å². The summed E-state index contributed by atoms with van der Waals surface area (Å²) in [6.45, 7) is 4.49. The second-order valence-corrected chi connectivity index (χ2v) is 3.94. The number of nitrogens with two attached hydrogens (primary N) is 1. The van der Waals surface area contributed by atoms with E-state index in [1.54, 1.807) is 0 Å². The molecule has 1 atom stereocenters. The van der Waals surface area contributed by atoms with Crippen molar-refractivity contribution in [2.45, 2.75) is 33.1 Å². The van der Waals surface area contributed by atoms with Crippen LogP contribution < -0.4 is 5.73 Å². The van der Waals surface area contributed by atoms with Crippen molar-refractivity contribution in [3.05, 3.63) is 11.3 Å². The van der Waals surface area contributed by atoms with E-state index in [-0.39, 0.29) is 0 Å². The summed E-state index contributed by atoms with van der Waals surface area (Å²) in [5.41, 5.74) is 7.77. The van der Waals surface area contributed by atoms with Gasteiger partial charge in [0.2, 0.25) is 0 Å². The molecule has 0 saturated carbocycles. The van der Waals surface area contributed by atoms with E-state index in [1.807, 2.05) is 0 Å². The quantitative estimate of drug-likeness (QED) is 0.608. The third-order valence-corrected chi connectivity index (χ3v) is 2.80. The van der Waals surface area contributed by atoms with E-state index in [2.05, 4.69) is 13.8 Å². The van der Waals surface area contributed by atoms with Gasteiger partial charge in [0.1, 0.15) is 0 Å². The van der Waals surface area contributed by atoms with Gasteiger partial charge in [-0.3, -0.25) is 0 Å². The molecule has 1 rings (SSSR count). The minimum absolute atomic E-state index is 0.716. The van der Waals surface area contributed by atoms with Crippen molar-refractivity contribution in [2.75, 3.05) is 0 Å². The summed E-state index contributed by atoms with van der Waals surface area (Å²) in [4.78, 5) is 0. The summed E-state index contributed by atoms with van der Waals surface area (Å²) in [7, 11) is 0. The molecule has 0 radical (unpaired) electrons. The van der Waals surface area contributed by atoms with Gasteiger partial charge in [0, 0.05) is 11.9 Å². The van der Waals surface area contributed by atoms with Crippen molar-refractivity contribution < 1.29 is 0 Å². The molecule has 1 unspecified atom stereocenters. The maximum Gasteiger partial charge on any atom is 0.0227 e. The van der Waals surface area contributed by atoms with E-state index in [1.165, 1.54) is 12.6 Å². The smallest absolute Gasteiger partial charge is 0.0227 e. The molecule has 3 N–H and O–H groups in total. The zero-order chi connectivity index (χ0) is 9.14. The van der Waals surface area contributed by atoms with Crippen molar-refractivity contribution in [2.24, 2.45) is 17.6 Å². The molecule has 0 heterocycles. The summed E-state index contributed by atoms with van der Waals surface area (Å²) in [5.74, 6) is 1.45. The van der Waals surface area contributed by atoms with Gasteiger partial charge in [-0.15, -0.1) is 0 Å². The van der Waals surface area contributed by atoms with Crippen molar-refractivity contribution in [3.63, 3.8) is 0 Å². The van der Waals surface area contributed by atoms with Crippen LogP contribution in [0.15, 0.2) is 11.3 Å². The summed E-state index contributed by atoms with van der Waals surface area (Å²) in [6, 6.07) is 0. The number of hydrogen-bond donors (Lipinski definition) is 2. The highest BCUT2D eigenvalue weighted by Crippen LogP contribution is 2.30. The highest BCUT2D eigenvalue weighted by atomic mass is 14.6. The molecule has 0 saturated heterocycles. The van der Waals surface area contributed by atoms with Crippen LogP contribution in [0.25, 0.3) is 0 Å². The molecule has 0 spiro atoms.